The molecule has 1 saturated heterocycles. The van der Waals surface area contributed by atoms with Gasteiger partial charge in [-0.1, -0.05) is 78.8 Å². The smallest absolute Gasteiger partial charge is 0.242 e. The van der Waals surface area contributed by atoms with Crippen LogP contribution in [-0.2, 0) is 11.2 Å². The van der Waals surface area contributed by atoms with Crippen molar-refractivity contribution in [1.82, 2.24) is 4.90 Å². The Labute approximate surface area is 176 Å². The van der Waals surface area contributed by atoms with Crippen LogP contribution in [0.2, 0.25) is 0 Å². The number of amides is 1. The zero-order valence-electron chi connectivity index (χ0n) is 16.4. The maximum Gasteiger partial charge on any atom is 0.242 e. The summed E-state index contributed by atoms with van der Waals surface area (Å²) in [4.78, 5) is 15.4. The summed E-state index contributed by atoms with van der Waals surface area (Å²) in [6.07, 6.45) is 7.46. The van der Waals surface area contributed by atoms with Crippen LogP contribution in [0.25, 0.3) is 0 Å². The van der Waals surface area contributed by atoms with E-state index < -0.39 is 0 Å². The van der Waals surface area contributed by atoms with Crippen molar-refractivity contribution in [3.63, 3.8) is 0 Å². The highest BCUT2D eigenvalue weighted by Crippen LogP contribution is 2.49. The third kappa shape index (κ3) is 3.88. The molecule has 5 rings (SSSR count). The Balaban J connectivity index is 1.39. The van der Waals surface area contributed by atoms with Crippen LogP contribution >= 0.6 is 11.8 Å². The van der Waals surface area contributed by atoms with Gasteiger partial charge in [-0.2, -0.15) is 5.10 Å². The van der Waals surface area contributed by atoms with E-state index in [-0.39, 0.29) is 11.2 Å². The number of rotatable bonds is 5. The van der Waals surface area contributed by atoms with E-state index in [9.17, 15) is 4.79 Å². The highest BCUT2D eigenvalue weighted by atomic mass is 32.2. The second-order valence-corrected chi connectivity index (χ2v) is 9.45. The van der Waals surface area contributed by atoms with Crippen molar-refractivity contribution >= 4 is 29.1 Å². The van der Waals surface area contributed by atoms with Crippen LogP contribution in [0.15, 0.2) is 70.9 Å². The summed E-state index contributed by atoms with van der Waals surface area (Å²) >= 11 is 1.58. The van der Waals surface area contributed by atoms with Gasteiger partial charge in [0.1, 0.15) is 0 Å². The van der Waals surface area contributed by atoms with E-state index in [1.54, 1.807) is 18.0 Å². The molecular formula is C24H25N3OS. The monoisotopic (exact) mass is 403 g/mol. The fourth-order valence-corrected chi connectivity index (χ4v) is 6.21. The number of carbonyl (C=O) groups is 1. The van der Waals surface area contributed by atoms with Crippen molar-refractivity contribution in [3.8, 4) is 0 Å². The Bertz CT molecular complexity index is 928. The van der Waals surface area contributed by atoms with E-state index in [2.05, 4.69) is 22.3 Å². The second kappa shape index (κ2) is 8.15. The first kappa shape index (κ1) is 18.6. The SMILES string of the molecule is O=C1[C@@H](Cc2ccccc2)S/C(=N/N=C\c2ccccc2)N1[C@H]1C[C@H]2CC[C@H]1C2. The van der Waals surface area contributed by atoms with Crippen LogP contribution in [0, 0.1) is 11.8 Å². The van der Waals surface area contributed by atoms with Crippen LogP contribution in [0.4, 0.5) is 0 Å². The average Bonchev–Trinajstić information content (AvgIpc) is 3.45. The van der Waals surface area contributed by atoms with Crippen molar-refractivity contribution in [2.24, 2.45) is 22.0 Å². The van der Waals surface area contributed by atoms with Crippen LogP contribution in [0.1, 0.15) is 36.8 Å². The fraction of sp³-hybridized carbons (Fsp3) is 0.375. The summed E-state index contributed by atoms with van der Waals surface area (Å²) in [5.41, 5.74) is 2.21. The molecule has 3 aliphatic rings. The van der Waals surface area contributed by atoms with Gasteiger partial charge in [0.25, 0.3) is 0 Å². The van der Waals surface area contributed by atoms with E-state index in [1.165, 1.54) is 24.8 Å². The third-order valence-electron chi connectivity index (χ3n) is 6.41. The number of hydrogen-bond acceptors (Lipinski definition) is 4. The number of thioether (sulfide) groups is 1. The minimum atomic E-state index is -0.109. The van der Waals surface area contributed by atoms with Crippen molar-refractivity contribution < 1.29 is 4.79 Å². The van der Waals surface area contributed by atoms with Gasteiger partial charge in [0.05, 0.1) is 11.5 Å². The summed E-state index contributed by atoms with van der Waals surface area (Å²) in [5.74, 6) is 1.62. The molecule has 0 unspecified atom stereocenters. The Hall–Kier alpha value is -2.40. The molecule has 148 valence electrons. The van der Waals surface area contributed by atoms with E-state index in [0.717, 1.165) is 29.5 Å². The van der Waals surface area contributed by atoms with E-state index in [0.29, 0.717) is 12.0 Å². The maximum absolute atomic E-state index is 13.4. The lowest BCUT2D eigenvalue weighted by atomic mass is 9.94. The quantitative estimate of drug-likeness (QED) is 0.534. The van der Waals surface area contributed by atoms with Gasteiger partial charge in [-0.15, -0.1) is 5.10 Å². The van der Waals surface area contributed by atoms with E-state index >= 15 is 0 Å². The average molecular weight is 404 g/mol. The molecular weight excluding hydrogens is 378 g/mol. The molecule has 29 heavy (non-hydrogen) atoms. The number of amidine groups is 1. The van der Waals surface area contributed by atoms with E-state index in [1.807, 2.05) is 53.4 Å². The number of hydrogen-bond donors (Lipinski definition) is 0. The predicted octanol–water partition coefficient (Wildman–Crippen LogP) is 4.75. The Morgan fingerprint density at radius 2 is 1.76 bits per heavy atom. The minimum Gasteiger partial charge on any atom is -0.285 e. The normalized spacial score (nSPS) is 30.1. The highest BCUT2D eigenvalue weighted by molar-refractivity contribution is 8.15. The minimum absolute atomic E-state index is 0.109. The molecule has 2 saturated carbocycles. The zero-order chi connectivity index (χ0) is 19.6. The lowest BCUT2D eigenvalue weighted by Crippen LogP contribution is -2.44. The van der Waals surface area contributed by atoms with Gasteiger partial charge in [0.15, 0.2) is 5.17 Å². The van der Waals surface area contributed by atoms with Gasteiger partial charge in [0, 0.05) is 6.04 Å². The van der Waals surface area contributed by atoms with Gasteiger partial charge in [-0.05, 0) is 48.6 Å². The molecule has 2 bridgehead atoms. The summed E-state index contributed by atoms with van der Waals surface area (Å²) in [6, 6.07) is 20.5. The van der Waals surface area contributed by atoms with Gasteiger partial charge in [0.2, 0.25) is 5.91 Å². The topological polar surface area (TPSA) is 45.0 Å². The molecule has 0 spiro atoms. The molecule has 1 amide bonds. The maximum atomic E-state index is 13.4. The van der Waals surface area contributed by atoms with Crippen LogP contribution in [-0.4, -0.2) is 33.5 Å². The molecule has 2 aromatic rings. The summed E-state index contributed by atoms with van der Waals surface area (Å²) < 4.78 is 0. The van der Waals surface area contributed by atoms with Gasteiger partial charge < -0.3 is 0 Å². The molecule has 4 nitrogen and oxygen atoms in total. The first-order chi connectivity index (χ1) is 14.3. The van der Waals surface area contributed by atoms with E-state index in [4.69, 9.17) is 0 Å². The number of nitrogens with zero attached hydrogens (tertiary/aromatic N) is 3. The molecule has 0 aromatic heterocycles. The molecule has 1 aliphatic heterocycles. The number of benzene rings is 2. The Morgan fingerprint density at radius 1 is 1.00 bits per heavy atom. The summed E-state index contributed by atoms with van der Waals surface area (Å²) in [7, 11) is 0. The molecule has 2 aromatic carbocycles. The first-order valence-corrected chi connectivity index (χ1v) is 11.4. The Kier molecular flexibility index (Phi) is 5.23. The standard InChI is InChI=1S/C24H25N3OS/c28-23-22(15-17-7-3-1-4-8-17)29-24(26-25-16-18-9-5-2-6-10-18)27(23)21-14-19-11-12-20(21)13-19/h1-10,16,19-22H,11-15H2/b25-16-,26-24+/t19-,20-,21-,22+/m0/s1. The van der Waals surface area contributed by atoms with Crippen molar-refractivity contribution in [3.05, 3.63) is 71.8 Å². The summed E-state index contributed by atoms with van der Waals surface area (Å²) in [6.45, 7) is 0. The highest BCUT2D eigenvalue weighted by Gasteiger charge is 2.49. The molecule has 1 heterocycles. The molecule has 0 N–H and O–H groups in total. The molecule has 4 atom stereocenters. The second-order valence-electron chi connectivity index (χ2n) is 8.28. The van der Waals surface area contributed by atoms with Crippen molar-refractivity contribution in [1.29, 1.82) is 0 Å². The predicted molar refractivity (Wildman–Crippen MR) is 119 cm³/mol. The number of carbonyl (C=O) groups excluding carboxylic acids is 1. The lowest BCUT2D eigenvalue weighted by molar-refractivity contribution is -0.128. The molecule has 5 heteroatoms. The summed E-state index contributed by atoms with van der Waals surface area (Å²) in [5, 5.41) is 9.53. The Morgan fingerprint density at radius 3 is 2.45 bits per heavy atom. The van der Waals surface area contributed by atoms with Crippen LogP contribution < -0.4 is 0 Å². The van der Waals surface area contributed by atoms with Gasteiger partial charge in [-0.25, -0.2) is 0 Å². The lowest BCUT2D eigenvalue weighted by Gasteiger charge is -2.30. The first-order valence-electron chi connectivity index (χ1n) is 10.5. The third-order valence-corrected chi connectivity index (χ3v) is 7.55. The molecule has 3 fully saturated rings. The van der Waals surface area contributed by atoms with Crippen LogP contribution in [0.5, 0.6) is 0 Å². The largest absolute Gasteiger partial charge is 0.285 e. The van der Waals surface area contributed by atoms with Gasteiger partial charge in [-0.3, -0.25) is 9.69 Å². The van der Waals surface area contributed by atoms with Gasteiger partial charge >= 0.3 is 0 Å². The fourth-order valence-electron chi connectivity index (χ4n) is 5.03. The molecule has 0 radical (unpaired) electrons. The number of fused-ring (bicyclic) bond motifs is 2. The van der Waals surface area contributed by atoms with Crippen molar-refractivity contribution in [2.45, 2.75) is 43.4 Å². The van der Waals surface area contributed by atoms with Crippen molar-refractivity contribution in [2.75, 3.05) is 0 Å². The molecule has 2 aliphatic carbocycles. The van der Waals surface area contributed by atoms with Crippen LogP contribution in [0.3, 0.4) is 0 Å². The zero-order valence-corrected chi connectivity index (χ0v) is 17.2.